The molecule has 0 saturated carbocycles. The van der Waals surface area contributed by atoms with Crippen molar-refractivity contribution in [3.05, 3.63) is 0 Å². The first kappa shape index (κ1) is 12.0. The second-order valence-corrected chi connectivity index (χ2v) is 5.10. The van der Waals surface area contributed by atoms with Gasteiger partial charge in [-0.25, -0.2) is 0 Å². The van der Waals surface area contributed by atoms with Crippen LogP contribution in [-0.4, -0.2) is 29.2 Å². The molecule has 0 aliphatic heterocycles. The zero-order valence-electron chi connectivity index (χ0n) is 8.23. The number of hydrogen-bond donors (Lipinski definition) is 2. The van der Waals surface area contributed by atoms with Crippen LogP contribution in [0.1, 0.15) is 20.8 Å². The maximum atomic E-state index is 5.04. The SMILES string of the molecule is CCNC(=S)NCC(C)(C)SC. The third-order valence-corrected chi connectivity index (χ3v) is 3.10. The van der Waals surface area contributed by atoms with Gasteiger partial charge in [0.25, 0.3) is 0 Å². The van der Waals surface area contributed by atoms with Crippen LogP contribution in [0.25, 0.3) is 0 Å². The summed E-state index contributed by atoms with van der Waals surface area (Å²) < 4.78 is 0.249. The Bertz CT molecular complexity index is 146. The Kier molecular flexibility index (Phi) is 5.66. The second kappa shape index (κ2) is 5.65. The van der Waals surface area contributed by atoms with Gasteiger partial charge in [-0.3, -0.25) is 0 Å². The van der Waals surface area contributed by atoms with E-state index in [0.29, 0.717) is 0 Å². The van der Waals surface area contributed by atoms with Gasteiger partial charge in [0.1, 0.15) is 0 Å². The Hall–Kier alpha value is 0.0400. The van der Waals surface area contributed by atoms with E-state index in [9.17, 15) is 0 Å². The van der Waals surface area contributed by atoms with Gasteiger partial charge in [-0.1, -0.05) is 0 Å². The molecular formula is C8H18N2S2. The fraction of sp³-hybridized carbons (Fsp3) is 0.875. The molecule has 0 aliphatic rings. The fourth-order valence-electron chi connectivity index (χ4n) is 0.588. The molecule has 0 bridgehead atoms. The Morgan fingerprint density at radius 2 is 2.00 bits per heavy atom. The van der Waals surface area contributed by atoms with Crippen LogP contribution < -0.4 is 10.6 Å². The highest BCUT2D eigenvalue weighted by Crippen LogP contribution is 2.19. The van der Waals surface area contributed by atoms with Gasteiger partial charge in [0, 0.05) is 17.8 Å². The van der Waals surface area contributed by atoms with Gasteiger partial charge in [-0.15, -0.1) is 0 Å². The summed E-state index contributed by atoms with van der Waals surface area (Å²) in [6, 6.07) is 0. The highest BCUT2D eigenvalue weighted by molar-refractivity contribution is 7.99. The van der Waals surface area contributed by atoms with Crippen LogP contribution in [0.15, 0.2) is 0 Å². The lowest BCUT2D eigenvalue weighted by Gasteiger charge is -2.23. The molecule has 0 aromatic heterocycles. The molecule has 0 spiro atoms. The van der Waals surface area contributed by atoms with Crippen molar-refractivity contribution in [3.63, 3.8) is 0 Å². The molecule has 4 heteroatoms. The van der Waals surface area contributed by atoms with Crippen molar-refractivity contribution in [2.75, 3.05) is 19.3 Å². The van der Waals surface area contributed by atoms with Crippen LogP contribution >= 0.6 is 24.0 Å². The van der Waals surface area contributed by atoms with Crippen molar-refractivity contribution >= 4 is 29.1 Å². The first-order valence-corrected chi connectivity index (χ1v) is 5.72. The summed E-state index contributed by atoms with van der Waals surface area (Å²) in [4.78, 5) is 0. The summed E-state index contributed by atoms with van der Waals surface area (Å²) in [6.45, 7) is 8.21. The molecule has 0 heterocycles. The minimum atomic E-state index is 0.249. The summed E-state index contributed by atoms with van der Waals surface area (Å²) in [5.41, 5.74) is 0. The predicted molar refractivity (Wildman–Crippen MR) is 61.9 cm³/mol. The number of thioether (sulfide) groups is 1. The van der Waals surface area contributed by atoms with Crippen LogP contribution in [0.3, 0.4) is 0 Å². The largest absolute Gasteiger partial charge is 0.363 e. The molecule has 0 rings (SSSR count). The highest BCUT2D eigenvalue weighted by atomic mass is 32.2. The quantitative estimate of drug-likeness (QED) is 0.683. The number of hydrogen-bond acceptors (Lipinski definition) is 2. The fourth-order valence-corrected chi connectivity index (χ4v) is 1.02. The minimum absolute atomic E-state index is 0.249. The molecule has 12 heavy (non-hydrogen) atoms. The molecule has 0 radical (unpaired) electrons. The second-order valence-electron chi connectivity index (χ2n) is 3.18. The maximum absolute atomic E-state index is 5.04. The van der Waals surface area contributed by atoms with Crippen LogP contribution in [0.2, 0.25) is 0 Å². The molecule has 0 aromatic carbocycles. The van der Waals surface area contributed by atoms with Gasteiger partial charge < -0.3 is 10.6 Å². The van der Waals surface area contributed by atoms with Gasteiger partial charge in [0.05, 0.1) is 0 Å². The molecule has 0 unspecified atom stereocenters. The Morgan fingerprint density at radius 3 is 2.42 bits per heavy atom. The smallest absolute Gasteiger partial charge is 0.166 e. The van der Waals surface area contributed by atoms with Crippen LogP contribution in [0.4, 0.5) is 0 Å². The van der Waals surface area contributed by atoms with Crippen molar-refractivity contribution in [2.45, 2.75) is 25.5 Å². The van der Waals surface area contributed by atoms with Crippen LogP contribution in [0.5, 0.6) is 0 Å². The van der Waals surface area contributed by atoms with Crippen molar-refractivity contribution in [3.8, 4) is 0 Å². The van der Waals surface area contributed by atoms with Gasteiger partial charge in [0.2, 0.25) is 0 Å². The van der Waals surface area contributed by atoms with Gasteiger partial charge in [0.15, 0.2) is 5.11 Å². The van der Waals surface area contributed by atoms with Crippen molar-refractivity contribution in [1.82, 2.24) is 10.6 Å². The average Bonchev–Trinajstić information content (AvgIpc) is 2.02. The highest BCUT2D eigenvalue weighted by Gasteiger charge is 2.15. The lowest BCUT2D eigenvalue weighted by atomic mass is 10.2. The van der Waals surface area contributed by atoms with Crippen LogP contribution in [-0.2, 0) is 0 Å². The molecule has 0 aliphatic carbocycles. The van der Waals surface area contributed by atoms with Crippen molar-refractivity contribution in [2.24, 2.45) is 0 Å². The third kappa shape index (κ3) is 5.66. The third-order valence-electron chi connectivity index (χ3n) is 1.56. The lowest BCUT2D eigenvalue weighted by molar-refractivity contribution is 0.673. The molecule has 2 N–H and O–H groups in total. The van der Waals surface area contributed by atoms with E-state index in [1.54, 1.807) is 0 Å². The number of thiocarbonyl (C=S) groups is 1. The van der Waals surface area contributed by atoms with Crippen molar-refractivity contribution < 1.29 is 0 Å². The minimum Gasteiger partial charge on any atom is -0.363 e. The number of nitrogens with one attached hydrogen (secondary N) is 2. The Labute approximate surface area is 84.9 Å². The number of rotatable bonds is 4. The Balaban J connectivity index is 3.60. The zero-order valence-corrected chi connectivity index (χ0v) is 9.86. The first-order valence-electron chi connectivity index (χ1n) is 4.08. The van der Waals surface area contributed by atoms with E-state index in [1.807, 2.05) is 18.7 Å². The van der Waals surface area contributed by atoms with E-state index in [1.165, 1.54) is 0 Å². The van der Waals surface area contributed by atoms with Crippen LogP contribution in [0, 0.1) is 0 Å². The van der Waals surface area contributed by atoms with Gasteiger partial charge in [-0.2, -0.15) is 11.8 Å². The monoisotopic (exact) mass is 206 g/mol. The van der Waals surface area contributed by atoms with Gasteiger partial charge in [-0.05, 0) is 39.2 Å². The van der Waals surface area contributed by atoms with E-state index in [-0.39, 0.29) is 4.75 Å². The topological polar surface area (TPSA) is 24.1 Å². The maximum Gasteiger partial charge on any atom is 0.166 e. The molecule has 0 fully saturated rings. The molecular weight excluding hydrogens is 188 g/mol. The molecule has 0 amide bonds. The standard InChI is InChI=1S/C8H18N2S2/c1-5-9-7(11)10-6-8(2,3)12-4/h5-6H2,1-4H3,(H2,9,10,11). The van der Waals surface area contributed by atoms with E-state index in [4.69, 9.17) is 12.2 Å². The molecule has 0 saturated heterocycles. The van der Waals surface area contributed by atoms with E-state index in [0.717, 1.165) is 18.2 Å². The molecule has 2 nitrogen and oxygen atoms in total. The summed E-state index contributed by atoms with van der Waals surface area (Å²) in [7, 11) is 0. The van der Waals surface area contributed by atoms with E-state index in [2.05, 4.69) is 30.7 Å². The summed E-state index contributed by atoms with van der Waals surface area (Å²) >= 11 is 6.87. The zero-order chi connectivity index (χ0) is 9.61. The first-order chi connectivity index (χ1) is 5.52. The predicted octanol–water partition coefficient (Wildman–Crippen LogP) is 1.61. The lowest BCUT2D eigenvalue weighted by Crippen LogP contribution is -2.41. The summed E-state index contributed by atoms with van der Waals surface area (Å²) in [5.74, 6) is 0. The molecule has 72 valence electrons. The average molecular weight is 206 g/mol. The van der Waals surface area contributed by atoms with E-state index < -0.39 is 0 Å². The molecule has 0 atom stereocenters. The summed E-state index contributed by atoms with van der Waals surface area (Å²) in [6.07, 6.45) is 2.11. The summed E-state index contributed by atoms with van der Waals surface area (Å²) in [5, 5.41) is 6.98. The van der Waals surface area contributed by atoms with E-state index >= 15 is 0 Å². The normalized spacial score (nSPS) is 11.0. The molecule has 0 aromatic rings. The van der Waals surface area contributed by atoms with Crippen molar-refractivity contribution in [1.29, 1.82) is 0 Å². The van der Waals surface area contributed by atoms with Gasteiger partial charge >= 0.3 is 0 Å². The Morgan fingerprint density at radius 1 is 1.42 bits per heavy atom.